The molecule has 1 aliphatic heterocycles. The molecule has 18 heavy (non-hydrogen) atoms. The van der Waals surface area contributed by atoms with Crippen LogP contribution in [0.5, 0.6) is 0 Å². The Kier molecular flexibility index (Phi) is 5.48. The van der Waals surface area contributed by atoms with E-state index in [4.69, 9.17) is 5.73 Å². The Morgan fingerprint density at radius 3 is 2.50 bits per heavy atom. The molecule has 1 aliphatic carbocycles. The summed E-state index contributed by atoms with van der Waals surface area (Å²) >= 11 is 0. The summed E-state index contributed by atoms with van der Waals surface area (Å²) in [6.45, 7) is 6.98. The maximum atomic E-state index is 6.14. The summed E-state index contributed by atoms with van der Waals surface area (Å²) in [5, 5.41) is 0. The Morgan fingerprint density at radius 2 is 1.83 bits per heavy atom. The van der Waals surface area contributed by atoms with E-state index in [0.29, 0.717) is 11.8 Å². The average molecular weight is 251 g/mol. The highest BCUT2D eigenvalue weighted by molar-refractivity contribution is 5.82. The van der Waals surface area contributed by atoms with Gasteiger partial charge in [0.2, 0.25) is 0 Å². The molecule has 3 nitrogen and oxygen atoms in total. The van der Waals surface area contributed by atoms with Crippen LogP contribution in [0.2, 0.25) is 0 Å². The van der Waals surface area contributed by atoms with E-state index < -0.39 is 0 Å². The predicted molar refractivity (Wildman–Crippen MR) is 77.9 cm³/mol. The number of nitrogens with zero attached hydrogens (tertiary/aromatic N) is 2. The summed E-state index contributed by atoms with van der Waals surface area (Å²) in [4.78, 5) is 7.22. The van der Waals surface area contributed by atoms with Crippen molar-refractivity contribution in [3.8, 4) is 0 Å². The number of nitrogens with two attached hydrogens (primary N) is 1. The van der Waals surface area contributed by atoms with Crippen molar-refractivity contribution in [1.29, 1.82) is 0 Å². The highest BCUT2D eigenvalue weighted by Gasteiger charge is 2.18. The third-order valence-corrected chi connectivity index (χ3v) is 4.38. The second kappa shape index (κ2) is 7.13. The number of amidine groups is 1. The first kappa shape index (κ1) is 13.9. The number of rotatable bonds is 5. The van der Waals surface area contributed by atoms with Gasteiger partial charge < -0.3 is 10.6 Å². The lowest BCUT2D eigenvalue weighted by Crippen LogP contribution is -2.29. The minimum Gasteiger partial charge on any atom is -0.387 e. The van der Waals surface area contributed by atoms with E-state index in [1.54, 1.807) is 0 Å². The maximum absolute atomic E-state index is 6.14. The van der Waals surface area contributed by atoms with E-state index in [9.17, 15) is 0 Å². The zero-order valence-corrected chi connectivity index (χ0v) is 11.9. The highest BCUT2D eigenvalue weighted by Crippen LogP contribution is 2.23. The maximum Gasteiger partial charge on any atom is 0.0968 e. The van der Waals surface area contributed by atoms with E-state index in [1.165, 1.54) is 64.6 Å². The second-order valence-electron chi connectivity index (χ2n) is 6.21. The van der Waals surface area contributed by atoms with Gasteiger partial charge in [-0.05, 0) is 44.7 Å². The van der Waals surface area contributed by atoms with E-state index >= 15 is 0 Å². The fourth-order valence-corrected chi connectivity index (χ4v) is 3.25. The topological polar surface area (TPSA) is 41.6 Å². The Labute approximate surface area is 112 Å². The summed E-state index contributed by atoms with van der Waals surface area (Å²) in [6, 6.07) is 0. The Morgan fingerprint density at radius 1 is 1.17 bits per heavy atom. The molecule has 2 aliphatic rings. The molecule has 0 bridgehead atoms. The van der Waals surface area contributed by atoms with Crippen molar-refractivity contribution >= 4 is 5.84 Å². The van der Waals surface area contributed by atoms with Crippen LogP contribution in [0.15, 0.2) is 4.99 Å². The first-order chi connectivity index (χ1) is 8.75. The number of hydrogen-bond donors (Lipinski definition) is 1. The average Bonchev–Trinajstić information content (AvgIpc) is 2.90. The molecule has 0 aromatic carbocycles. The van der Waals surface area contributed by atoms with Crippen molar-refractivity contribution in [2.45, 2.75) is 51.9 Å². The van der Waals surface area contributed by atoms with Gasteiger partial charge in [-0.1, -0.05) is 26.2 Å². The van der Waals surface area contributed by atoms with Gasteiger partial charge in [0.05, 0.1) is 5.84 Å². The van der Waals surface area contributed by atoms with Crippen molar-refractivity contribution in [1.82, 2.24) is 4.90 Å². The zero-order valence-electron chi connectivity index (χ0n) is 11.9. The van der Waals surface area contributed by atoms with Crippen molar-refractivity contribution < 1.29 is 0 Å². The molecular weight excluding hydrogens is 222 g/mol. The van der Waals surface area contributed by atoms with Gasteiger partial charge >= 0.3 is 0 Å². The van der Waals surface area contributed by atoms with Crippen LogP contribution in [0.4, 0.5) is 0 Å². The Balaban J connectivity index is 1.70. The molecule has 1 heterocycles. The van der Waals surface area contributed by atoms with E-state index in [0.717, 1.165) is 12.4 Å². The van der Waals surface area contributed by atoms with Gasteiger partial charge in [0.25, 0.3) is 0 Å². The van der Waals surface area contributed by atoms with Gasteiger partial charge in [0.15, 0.2) is 0 Å². The van der Waals surface area contributed by atoms with Gasteiger partial charge in [-0.25, -0.2) is 0 Å². The summed E-state index contributed by atoms with van der Waals surface area (Å²) in [6.07, 6.45) is 9.33. The Bertz CT molecular complexity index is 263. The number of likely N-dealkylation sites (tertiary alicyclic amines) is 1. The van der Waals surface area contributed by atoms with Crippen molar-refractivity contribution in [3.63, 3.8) is 0 Å². The molecule has 1 atom stereocenters. The van der Waals surface area contributed by atoms with Gasteiger partial charge in [-0.15, -0.1) is 0 Å². The predicted octanol–water partition coefficient (Wildman–Crippen LogP) is 2.66. The second-order valence-corrected chi connectivity index (χ2v) is 6.21. The normalized spacial score (nSPS) is 25.5. The molecule has 0 aromatic rings. The monoisotopic (exact) mass is 251 g/mol. The fraction of sp³-hybridized carbons (Fsp3) is 0.933. The van der Waals surface area contributed by atoms with Gasteiger partial charge in [-0.3, -0.25) is 4.99 Å². The molecule has 0 radical (unpaired) electrons. The number of aliphatic imine (C=N–C) groups is 1. The van der Waals surface area contributed by atoms with E-state index in [-0.39, 0.29) is 0 Å². The van der Waals surface area contributed by atoms with E-state index in [2.05, 4.69) is 16.8 Å². The summed E-state index contributed by atoms with van der Waals surface area (Å²) < 4.78 is 0. The smallest absolute Gasteiger partial charge is 0.0968 e. The van der Waals surface area contributed by atoms with Crippen LogP contribution in [-0.4, -0.2) is 36.9 Å². The highest BCUT2D eigenvalue weighted by atomic mass is 15.1. The molecule has 0 spiro atoms. The quantitative estimate of drug-likeness (QED) is 0.603. The molecule has 1 saturated heterocycles. The van der Waals surface area contributed by atoms with Crippen molar-refractivity contribution in [3.05, 3.63) is 0 Å². The molecule has 1 saturated carbocycles. The summed E-state index contributed by atoms with van der Waals surface area (Å²) in [5.41, 5.74) is 6.14. The van der Waals surface area contributed by atoms with Gasteiger partial charge in [0.1, 0.15) is 0 Å². The van der Waals surface area contributed by atoms with Crippen LogP contribution in [0.1, 0.15) is 51.9 Å². The molecule has 2 N–H and O–H groups in total. The summed E-state index contributed by atoms with van der Waals surface area (Å²) in [5.74, 6) is 2.16. The third-order valence-electron chi connectivity index (χ3n) is 4.38. The van der Waals surface area contributed by atoms with Crippen LogP contribution >= 0.6 is 0 Å². The number of hydrogen-bond acceptors (Lipinski definition) is 2. The minimum atomic E-state index is 0.581. The van der Waals surface area contributed by atoms with Crippen LogP contribution in [0.25, 0.3) is 0 Å². The molecule has 2 fully saturated rings. The zero-order chi connectivity index (χ0) is 12.8. The van der Waals surface area contributed by atoms with Gasteiger partial charge in [0, 0.05) is 19.0 Å². The lowest BCUT2D eigenvalue weighted by Gasteiger charge is -2.22. The van der Waals surface area contributed by atoms with Crippen molar-refractivity contribution in [2.24, 2.45) is 22.6 Å². The van der Waals surface area contributed by atoms with Gasteiger partial charge in [-0.2, -0.15) is 0 Å². The molecule has 1 unspecified atom stereocenters. The standard InChI is InChI=1S/C15H29N3/c1-13(12-18-9-5-6-10-18)11-17-15(16)14-7-3-2-4-8-14/h13-14H,2-12H2,1H3,(H2,16,17). The minimum absolute atomic E-state index is 0.581. The van der Waals surface area contributed by atoms with Crippen LogP contribution in [0, 0.1) is 11.8 Å². The molecule has 0 amide bonds. The van der Waals surface area contributed by atoms with E-state index in [1.807, 2.05) is 0 Å². The molecule has 3 heteroatoms. The van der Waals surface area contributed by atoms with Crippen molar-refractivity contribution in [2.75, 3.05) is 26.2 Å². The molecular formula is C15H29N3. The van der Waals surface area contributed by atoms with Crippen LogP contribution < -0.4 is 5.73 Å². The Hall–Kier alpha value is -0.570. The fourth-order valence-electron chi connectivity index (χ4n) is 3.25. The van der Waals surface area contributed by atoms with Crippen LogP contribution in [0.3, 0.4) is 0 Å². The third kappa shape index (κ3) is 4.27. The first-order valence-electron chi connectivity index (χ1n) is 7.78. The lowest BCUT2D eigenvalue weighted by atomic mass is 9.88. The first-order valence-corrected chi connectivity index (χ1v) is 7.78. The molecule has 2 rings (SSSR count). The lowest BCUT2D eigenvalue weighted by molar-refractivity contribution is 0.291. The summed E-state index contributed by atoms with van der Waals surface area (Å²) in [7, 11) is 0. The molecule has 0 aromatic heterocycles. The largest absolute Gasteiger partial charge is 0.387 e. The SMILES string of the molecule is CC(CN=C(N)C1CCCCC1)CN1CCCC1. The molecule has 104 valence electrons. The van der Waals surface area contributed by atoms with Crippen LogP contribution in [-0.2, 0) is 0 Å².